The summed E-state index contributed by atoms with van der Waals surface area (Å²) in [5.41, 5.74) is 1.86. The number of ether oxygens (including phenoxy) is 1. The molecule has 0 spiro atoms. The van der Waals surface area contributed by atoms with Gasteiger partial charge in [0.05, 0.1) is 22.0 Å². The molecule has 0 saturated heterocycles. The summed E-state index contributed by atoms with van der Waals surface area (Å²) < 4.78 is 7.14. The van der Waals surface area contributed by atoms with E-state index in [2.05, 4.69) is 12.0 Å². The van der Waals surface area contributed by atoms with E-state index < -0.39 is 5.97 Å². The molecule has 0 fully saturated rings. The van der Waals surface area contributed by atoms with Gasteiger partial charge in [0, 0.05) is 11.1 Å². The molecule has 6 heteroatoms. The average Bonchev–Trinajstić information content (AvgIpc) is 2.98. The van der Waals surface area contributed by atoms with Crippen LogP contribution in [0.3, 0.4) is 0 Å². The van der Waals surface area contributed by atoms with Crippen LogP contribution in [0.1, 0.15) is 29.4 Å². The molecule has 0 N–H and O–H groups in total. The van der Waals surface area contributed by atoms with Gasteiger partial charge in [-0.2, -0.15) is 5.10 Å². The van der Waals surface area contributed by atoms with E-state index in [1.54, 1.807) is 47.1 Å². The van der Waals surface area contributed by atoms with Gasteiger partial charge in [-0.25, -0.2) is 9.48 Å². The number of carbonyl (C=O) groups is 1. The molecule has 0 unspecified atom stereocenters. The lowest BCUT2D eigenvalue weighted by Crippen LogP contribution is -2.12. The van der Waals surface area contributed by atoms with Gasteiger partial charge in [-0.1, -0.05) is 54.7 Å². The van der Waals surface area contributed by atoms with Gasteiger partial charge < -0.3 is 4.74 Å². The number of benzene rings is 2. The molecule has 0 radical (unpaired) electrons. The van der Waals surface area contributed by atoms with E-state index in [-0.39, 0.29) is 0 Å². The van der Waals surface area contributed by atoms with Crippen LogP contribution in [0, 0.1) is 0 Å². The first-order chi connectivity index (χ1) is 12.1. The normalized spacial score (nSPS) is 10.7. The fraction of sp³-hybridized carbons (Fsp3) is 0.158. The maximum Gasteiger partial charge on any atom is 0.346 e. The Kier molecular flexibility index (Phi) is 5.41. The number of rotatable bonds is 5. The predicted octanol–water partition coefficient (Wildman–Crippen LogP) is 5.35. The maximum absolute atomic E-state index is 12.5. The second kappa shape index (κ2) is 7.72. The van der Waals surface area contributed by atoms with Crippen LogP contribution < -0.4 is 4.74 Å². The Labute approximate surface area is 155 Å². The third kappa shape index (κ3) is 4.03. The zero-order valence-corrected chi connectivity index (χ0v) is 15.1. The van der Waals surface area contributed by atoms with Crippen molar-refractivity contribution in [1.29, 1.82) is 0 Å². The van der Waals surface area contributed by atoms with Gasteiger partial charge >= 0.3 is 5.97 Å². The van der Waals surface area contributed by atoms with E-state index in [9.17, 15) is 4.79 Å². The molecule has 4 nitrogen and oxygen atoms in total. The molecule has 1 aromatic heterocycles. The van der Waals surface area contributed by atoms with E-state index in [0.717, 1.165) is 24.2 Å². The van der Waals surface area contributed by atoms with Crippen LogP contribution >= 0.6 is 23.2 Å². The number of hydrogen-bond acceptors (Lipinski definition) is 3. The minimum atomic E-state index is -0.531. The lowest BCUT2D eigenvalue weighted by molar-refractivity contribution is 0.0723. The highest BCUT2D eigenvalue weighted by Crippen LogP contribution is 2.24. The monoisotopic (exact) mass is 374 g/mol. The Hall–Kier alpha value is -2.30. The summed E-state index contributed by atoms with van der Waals surface area (Å²) in [6.07, 6.45) is 1.72. The van der Waals surface area contributed by atoms with Crippen LogP contribution in [0.2, 0.25) is 10.0 Å². The van der Waals surface area contributed by atoms with Gasteiger partial charge in [-0.3, -0.25) is 0 Å². The highest BCUT2D eigenvalue weighted by atomic mass is 35.5. The first-order valence-electron chi connectivity index (χ1n) is 7.90. The second-order valence-electron chi connectivity index (χ2n) is 5.48. The summed E-state index contributed by atoms with van der Waals surface area (Å²) in [6.45, 7) is 2.06. The largest absolute Gasteiger partial charge is 0.404 e. The molecule has 0 bridgehead atoms. The summed E-state index contributed by atoms with van der Waals surface area (Å²) in [5, 5.41) is 5.45. The first kappa shape index (κ1) is 17.5. The highest BCUT2D eigenvalue weighted by Gasteiger charge is 2.17. The van der Waals surface area contributed by atoms with Crippen LogP contribution in [0.4, 0.5) is 0 Å². The van der Waals surface area contributed by atoms with Gasteiger partial charge in [0.2, 0.25) is 5.88 Å². The van der Waals surface area contributed by atoms with Crippen molar-refractivity contribution in [2.75, 3.05) is 0 Å². The van der Waals surface area contributed by atoms with Crippen molar-refractivity contribution in [2.45, 2.75) is 19.8 Å². The van der Waals surface area contributed by atoms with Gasteiger partial charge in [-0.05, 0) is 36.8 Å². The molecule has 0 aliphatic carbocycles. The van der Waals surface area contributed by atoms with Crippen LogP contribution in [0.5, 0.6) is 5.88 Å². The van der Waals surface area contributed by atoms with Crippen molar-refractivity contribution in [2.24, 2.45) is 0 Å². The molecule has 2 aromatic carbocycles. The maximum atomic E-state index is 12.5. The first-order valence-corrected chi connectivity index (χ1v) is 8.65. The van der Waals surface area contributed by atoms with Crippen LogP contribution in [-0.2, 0) is 6.42 Å². The van der Waals surface area contributed by atoms with Crippen LogP contribution in [0.25, 0.3) is 5.69 Å². The molecule has 0 atom stereocenters. The summed E-state index contributed by atoms with van der Waals surface area (Å²) in [6, 6.07) is 15.7. The quantitative estimate of drug-likeness (QED) is 0.565. The fourth-order valence-electron chi connectivity index (χ4n) is 2.43. The molecular formula is C19H16Cl2N2O2. The van der Waals surface area contributed by atoms with Crippen molar-refractivity contribution in [3.8, 4) is 11.6 Å². The molecule has 3 rings (SSSR count). The van der Waals surface area contributed by atoms with E-state index in [4.69, 9.17) is 27.9 Å². The Morgan fingerprint density at radius 2 is 1.92 bits per heavy atom. The number of aryl methyl sites for hydroxylation is 1. The zero-order valence-electron chi connectivity index (χ0n) is 13.6. The predicted molar refractivity (Wildman–Crippen MR) is 99.0 cm³/mol. The van der Waals surface area contributed by atoms with Gasteiger partial charge in [0.15, 0.2) is 0 Å². The van der Waals surface area contributed by atoms with Crippen molar-refractivity contribution in [3.05, 3.63) is 75.9 Å². The van der Waals surface area contributed by atoms with Crippen LogP contribution in [-0.4, -0.2) is 15.7 Å². The minimum Gasteiger partial charge on any atom is -0.404 e. The number of hydrogen-bond donors (Lipinski definition) is 0. The Bertz CT molecular complexity index is 906. The SMILES string of the molecule is CCCc1cc(OC(=O)c2ccccc2Cl)n(-c2cccc(Cl)c2)n1. The topological polar surface area (TPSA) is 44.1 Å². The van der Waals surface area contributed by atoms with Gasteiger partial charge in [0.25, 0.3) is 0 Å². The molecule has 0 aliphatic rings. The molecule has 25 heavy (non-hydrogen) atoms. The number of nitrogens with zero attached hydrogens (tertiary/aromatic N) is 2. The fourth-order valence-corrected chi connectivity index (χ4v) is 2.83. The summed E-state index contributed by atoms with van der Waals surface area (Å²) in [5.74, 6) is -0.201. The lowest BCUT2D eigenvalue weighted by atomic mass is 10.2. The van der Waals surface area contributed by atoms with Crippen molar-refractivity contribution >= 4 is 29.2 Å². The van der Waals surface area contributed by atoms with E-state index in [1.807, 2.05) is 12.1 Å². The molecular weight excluding hydrogens is 359 g/mol. The van der Waals surface area contributed by atoms with Gasteiger partial charge in [0.1, 0.15) is 0 Å². The highest BCUT2D eigenvalue weighted by molar-refractivity contribution is 6.33. The average molecular weight is 375 g/mol. The molecule has 3 aromatic rings. The smallest absolute Gasteiger partial charge is 0.346 e. The number of esters is 1. The lowest BCUT2D eigenvalue weighted by Gasteiger charge is -2.09. The van der Waals surface area contributed by atoms with Gasteiger partial charge in [-0.15, -0.1) is 0 Å². The third-order valence-corrected chi connectivity index (χ3v) is 4.14. The molecule has 1 heterocycles. The molecule has 0 aliphatic heterocycles. The van der Waals surface area contributed by atoms with E-state index in [1.165, 1.54) is 0 Å². The Morgan fingerprint density at radius 1 is 1.12 bits per heavy atom. The van der Waals surface area contributed by atoms with E-state index in [0.29, 0.717) is 21.5 Å². The number of aromatic nitrogens is 2. The van der Waals surface area contributed by atoms with Crippen molar-refractivity contribution in [3.63, 3.8) is 0 Å². The summed E-state index contributed by atoms with van der Waals surface area (Å²) >= 11 is 12.1. The minimum absolute atomic E-state index is 0.306. The van der Waals surface area contributed by atoms with E-state index >= 15 is 0 Å². The molecule has 0 amide bonds. The standard InChI is InChI=1S/C19H16Cl2N2O2/c1-2-6-14-12-18(23(22-14)15-8-5-7-13(20)11-15)25-19(24)16-9-3-4-10-17(16)21/h3-5,7-12H,2,6H2,1H3. The van der Waals surface area contributed by atoms with Crippen LogP contribution in [0.15, 0.2) is 54.6 Å². The Balaban J connectivity index is 1.97. The molecule has 128 valence electrons. The second-order valence-corrected chi connectivity index (χ2v) is 6.33. The summed E-state index contributed by atoms with van der Waals surface area (Å²) in [4.78, 5) is 12.5. The Morgan fingerprint density at radius 3 is 2.64 bits per heavy atom. The number of halogens is 2. The number of carbonyl (C=O) groups excluding carboxylic acids is 1. The third-order valence-electron chi connectivity index (χ3n) is 3.58. The van der Waals surface area contributed by atoms with Crippen molar-refractivity contribution < 1.29 is 9.53 Å². The van der Waals surface area contributed by atoms with Crippen molar-refractivity contribution in [1.82, 2.24) is 9.78 Å². The zero-order chi connectivity index (χ0) is 17.8. The summed E-state index contributed by atoms with van der Waals surface area (Å²) in [7, 11) is 0. The molecule has 0 saturated carbocycles.